The minimum absolute atomic E-state index is 0.122. The van der Waals surface area contributed by atoms with E-state index in [-0.39, 0.29) is 12.6 Å². The minimum atomic E-state index is -0.122. The number of nitrogens with zero attached hydrogens (tertiary/aromatic N) is 6. The molecular formula is C22H23N9O3S. The molecule has 35 heavy (non-hydrogen) atoms. The summed E-state index contributed by atoms with van der Waals surface area (Å²) in [6, 6.07) is 12.6. The molecule has 4 aromatic rings. The van der Waals surface area contributed by atoms with Gasteiger partial charge in [-0.2, -0.15) is 15.2 Å². The summed E-state index contributed by atoms with van der Waals surface area (Å²) in [5, 5.41) is 18.4. The minimum Gasteiger partial charge on any atom is -0.493 e. The smallest absolute Gasteiger partial charge is 0.240 e. The average Bonchev–Trinajstić information content (AvgIpc) is 3.56. The molecule has 0 atom stereocenters. The highest BCUT2D eigenvalue weighted by molar-refractivity contribution is 7.99. The molecule has 0 saturated heterocycles. The quantitative estimate of drug-likeness (QED) is 0.154. The van der Waals surface area contributed by atoms with Crippen LogP contribution in [-0.4, -0.2) is 54.9 Å². The van der Waals surface area contributed by atoms with Crippen LogP contribution < -0.4 is 20.2 Å². The maximum absolute atomic E-state index is 12.0. The van der Waals surface area contributed by atoms with Gasteiger partial charge in [0.2, 0.25) is 17.0 Å². The maximum Gasteiger partial charge on any atom is 0.240 e. The second kappa shape index (κ2) is 12.2. The van der Waals surface area contributed by atoms with Crippen molar-refractivity contribution in [1.29, 1.82) is 0 Å². The lowest BCUT2D eigenvalue weighted by Crippen LogP contribution is -2.13. The van der Waals surface area contributed by atoms with Crippen molar-refractivity contribution in [2.75, 3.05) is 23.6 Å². The Morgan fingerprint density at radius 1 is 1.23 bits per heavy atom. The van der Waals surface area contributed by atoms with Crippen molar-refractivity contribution in [2.45, 2.75) is 18.3 Å². The molecule has 3 N–H and O–H groups in total. The Bertz CT molecular complexity index is 1250. The van der Waals surface area contributed by atoms with Crippen LogP contribution in [-0.2, 0) is 11.5 Å². The fourth-order valence-electron chi connectivity index (χ4n) is 2.80. The molecule has 0 fully saturated rings. The molecule has 0 unspecified atom stereocenters. The summed E-state index contributed by atoms with van der Waals surface area (Å²) >= 11 is 1.36. The summed E-state index contributed by atoms with van der Waals surface area (Å²) in [7, 11) is 1.57. The van der Waals surface area contributed by atoms with E-state index in [1.54, 1.807) is 54.7 Å². The SMILES string of the molecule is COc1cc(/C=N\Nc2nc(SCCC(=O)Nc3ccccn3)n[nH]2)ccc1OCn1cccn1. The molecule has 0 bridgehead atoms. The Balaban J connectivity index is 1.22. The number of hydrogen-bond acceptors (Lipinski definition) is 10. The molecular weight excluding hydrogens is 470 g/mol. The molecule has 0 aliphatic carbocycles. The van der Waals surface area contributed by atoms with Gasteiger partial charge in [-0.25, -0.2) is 20.2 Å². The van der Waals surface area contributed by atoms with Gasteiger partial charge >= 0.3 is 0 Å². The molecule has 0 aliphatic heterocycles. The third-order valence-corrected chi connectivity index (χ3v) is 5.29. The van der Waals surface area contributed by atoms with Gasteiger partial charge in [0.15, 0.2) is 18.2 Å². The molecule has 4 rings (SSSR count). The topological polar surface area (TPSA) is 144 Å². The maximum atomic E-state index is 12.0. The zero-order valence-corrected chi connectivity index (χ0v) is 19.6. The van der Waals surface area contributed by atoms with E-state index in [1.807, 2.05) is 24.4 Å². The molecule has 0 saturated carbocycles. The first-order chi connectivity index (χ1) is 17.2. The number of ether oxygens (including phenoxy) is 2. The first kappa shape index (κ1) is 23.8. The Labute approximate surface area is 205 Å². The van der Waals surface area contributed by atoms with Crippen molar-refractivity contribution >= 4 is 35.6 Å². The average molecular weight is 494 g/mol. The van der Waals surface area contributed by atoms with Gasteiger partial charge in [0.1, 0.15) is 5.82 Å². The number of carbonyl (C=O) groups excluding carboxylic acids is 1. The van der Waals surface area contributed by atoms with E-state index in [0.717, 1.165) is 5.56 Å². The lowest BCUT2D eigenvalue weighted by molar-refractivity contribution is -0.115. The normalized spacial score (nSPS) is 10.9. The van der Waals surface area contributed by atoms with Crippen molar-refractivity contribution in [1.82, 2.24) is 29.9 Å². The van der Waals surface area contributed by atoms with Crippen LogP contribution in [0, 0.1) is 0 Å². The summed E-state index contributed by atoms with van der Waals surface area (Å²) < 4.78 is 12.8. The van der Waals surface area contributed by atoms with Crippen LogP contribution in [0.25, 0.3) is 0 Å². The van der Waals surface area contributed by atoms with E-state index in [0.29, 0.717) is 40.6 Å². The summed E-state index contributed by atoms with van der Waals surface area (Å²) in [6.07, 6.45) is 7.05. The molecule has 13 heteroatoms. The van der Waals surface area contributed by atoms with E-state index in [9.17, 15) is 4.79 Å². The van der Waals surface area contributed by atoms with Gasteiger partial charge in [0.25, 0.3) is 0 Å². The number of aromatic nitrogens is 6. The number of hydrogen-bond donors (Lipinski definition) is 3. The standard InChI is InChI=1S/C22H23N9O3S/c1-33-18-13-16(6-7-17(18)34-15-31-11-4-10-25-31)14-24-28-21-27-22(30-29-21)35-12-8-20(32)26-19-5-2-3-9-23-19/h2-7,9-11,13-14H,8,12,15H2,1H3,(H,23,26,32)(H2,27,28,29,30)/b24-14-. The summed E-state index contributed by atoms with van der Waals surface area (Å²) in [5.41, 5.74) is 3.60. The lowest BCUT2D eigenvalue weighted by Gasteiger charge is -2.11. The third kappa shape index (κ3) is 7.30. The number of methoxy groups -OCH3 is 1. The van der Waals surface area contributed by atoms with Gasteiger partial charge in [-0.3, -0.25) is 4.79 Å². The second-order valence-electron chi connectivity index (χ2n) is 6.93. The Kier molecular flexibility index (Phi) is 8.27. The molecule has 3 heterocycles. The Morgan fingerprint density at radius 2 is 2.17 bits per heavy atom. The number of carbonyl (C=O) groups is 1. The van der Waals surface area contributed by atoms with Crippen LogP contribution in [0.2, 0.25) is 0 Å². The van der Waals surface area contributed by atoms with Gasteiger partial charge in [-0.05, 0) is 42.0 Å². The molecule has 180 valence electrons. The monoisotopic (exact) mass is 493 g/mol. The van der Waals surface area contributed by atoms with Gasteiger partial charge < -0.3 is 14.8 Å². The number of amides is 1. The van der Waals surface area contributed by atoms with E-state index in [2.05, 4.69) is 41.1 Å². The van der Waals surface area contributed by atoms with Crippen molar-refractivity contribution in [2.24, 2.45) is 5.10 Å². The van der Waals surface area contributed by atoms with Crippen LogP contribution in [0.3, 0.4) is 0 Å². The number of nitrogens with one attached hydrogen (secondary N) is 3. The van der Waals surface area contributed by atoms with Crippen LogP contribution in [0.5, 0.6) is 11.5 Å². The van der Waals surface area contributed by atoms with Crippen LogP contribution in [0.4, 0.5) is 11.8 Å². The molecule has 0 radical (unpaired) electrons. The third-order valence-electron chi connectivity index (χ3n) is 4.44. The number of aromatic amines is 1. The van der Waals surface area contributed by atoms with Crippen LogP contribution in [0.15, 0.2) is 71.3 Å². The summed E-state index contributed by atoms with van der Waals surface area (Å²) in [6.45, 7) is 0.277. The zero-order valence-electron chi connectivity index (χ0n) is 18.8. The molecule has 3 aromatic heterocycles. The Hall–Kier alpha value is -4.39. The molecule has 1 aromatic carbocycles. The number of H-pyrrole nitrogens is 1. The van der Waals surface area contributed by atoms with Crippen LogP contribution >= 0.6 is 11.8 Å². The van der Waals surface area contributed by atoms with Gasteiger partial charge in [-0.15, -0.1) is 5.10 Å². The highest BCUT2D eigenvalue weighted by atomic mass is 32.2. The molecule has 12 nitrogen and oxygen atoms in total. The fraction of sp³-hybridized carbons (Fsp3) is 0.182. The predicted molar refractivity (Wildman–Crippen MR) is 132 cm³/mol. The van der Waals surface area contributed by atoms with E-state index >= 15 is 0 Å². The van der Waals surface area contributed by atoms with Crippen molar-refractivity contribution < 1.29 is 14.3 Å². The predicted octanol–water partition coefficient (Wildman–Crippen LogP) is 3.01. The number of hydrazone groups is 1. The fourth-order valence-corrected chi connectivity index (χ4v) is 3.54. The zero-order chi connectivity index (χ0) is 24.3. The molecule has 0 aliphatic rings. The molecule has 0 spiro atoms. The lowest BCUT2D eigenvalue weighted by atomic mass is 10.2. The van der Waals surface area contributed by atoms with Crippen molar-refractivity contribution in [3.63, 3.8) is 0 Å². The van der Waals surface area contributed by atoms with Gasteiger partial charge in [-0.1, -0.05) is 17.8 Å². The van der Waals surface area contributed by atoms with Gasteiger partial charge in [0.05, 0.1) is 13.3 Å². The van der Waals surface area contributed by atoms with Crippen LogP contribution in [0.1, 0.15) is 12.0 Å². The molecule has 1 amide bonds. The highest BCUT2D eigenvalue weighted by Crippen LogP contribution is 2.27. The number of thioether (sulfide) groups is 1. The van der Waals surface area contributed by atoms with Gasteiger partial charge in [0, 0.05) is 30.8 Å². The first-order valence-corrected chi connectivity index (χ1v) is 11.5. The largest absolute Gasteiger partial charge is 0.493 e. The van der Waals surface area contributed by atoms with E-state index in [4.69, 9.17) is 9.47 Å². The first-order valence-electron chi connectivity index (χ1n) is 10.5. The Morgan fingerprint density at radius 3 is 2.97 bits per heavy atom. The number of benzene rings is 1. The number of anilines is 2. The highest BCUT2D eigenvalue weighted by Gasteiger charge is 2.08. The number of rotatable bonds is 12. The number of pyridine rings is 1. The second-order valence-corrected chi connectivity index (χ2v) is 7.99. The van der Waals surface area contributed by atoms with Crippen molar-refractivity contribution in [3.8, 4) is 11.5 Å². The van der Waals surface area contributed by atoms with E-state index in [1.165, 1.54) is 11.8 Å². The summed E-state index contributed by atoms with van der Waals surface area (Å²) in [4.78, 5) is 20.3. The van der Waals surface area contributed by atoms with E-state index < -0.39 is 0 Å². The van der Waals surface area contributed by atoms with Crippen molar-refractivity contribution in [3.05, 3.63) is 66.6 Å². The summed E-state index contributed by atoms with van der Waals surface area (Å²) in [5.74, 6) is 2.48.